The maximum Gasteiger partial charge on any atom is 0.257 e. The normalized spacial score (nSPS) is 15.5. The molecule has 0 aliphatic carbocycles. The zero-order chi connectivity index (χ0) is 21.5. The molecule has 0 saturated carbocycles. The summed E-state index contributed by atoms with van der Waals surface area (Å²) < 4.78 is 29.0. The van der Waals surface area contributed by atoms with Crippen molar-refractivity contribution in [2.45, 2.75) is 18.7 Å². The van der Waals surface area contributed by atoms with E-state index >= 15 is 0 Å². The molecule has 2 aromatic heterocycles. The number of aromatic nitrogens is 2. The first-order valence-electron chi connectivity index (χ1n) is 9.43. The lowest BCUT2D eigenvalue weighted by molar-refractivity contribution is 0.0698. The second-order valence-electron chi connectivity index (χ2n) is 7.13. The number of hydrogen-bond donors (Lipinski definition) is 0. The van der Waals surface area contributed by atoms with E-state index in [4.69, 9.17) is 11.6 Å². The molecule has 0 N–H and O–H groups in total. The minimum absolute atomic E-state index is 0.164. The smallest absolute Gasteiger partial charge is 0.257 e. The van der Waals surface area contributed by atoms with Gasteiger partial charge in [0.15, 0.2) is 0 Å². The standard InChI is InChI=1S/C20H21ClN4O3S2/c1-14-10-19(15(2)29-14)30(27,28)24-8-6-23(7-9-24)20(26)16-12-22-25(13-16)18-5-3-4-17(21)11-18/h3-5,10-13H,6-9H2,1-2H3. The summed E-state index contributed by atoms with van der Waals surface area (Å²) in [6.07, 6.45) is 3.18. The number of nitrogens with zero attached hydrogens (tertiary/aromatic N) is 4. The van der Waals surface area contributed by atoms with Crippen LogP contribution in [0.3, 0.4) is 0 Å². The Morgan fingerprint density at radius 2 is 1.87 bits per heavy atom. The molecule has 0 atom stereocenters. The van der Waals surface area contributed by atoms with Crippen molar-refractivity contribution in [2.24, 2.45) is 0 Å². The monoisotopic (exact) mass is 464 g/mol. The van der Waals surface area contributed by atoms with Gasteiger partial charge in [0.1, 0.15) is 0 Å². The third-order valence-corrected chi connectivity index (χ3v) is 8.40. The van der Waals surface area contributed by atoms with E-state index < -0.39 is 10.0 Å². The molecule has 1 fully saturated rings. The predicted octanol–water partition coefficient (Wildman–Crippen LogP) is 3.35. The molecule has 158 valence electrons. The van der Waals surface area contributed by atoms with Crippen molar-refractivity contribution in [1.82, 2.24) is 19.0 Å². The molecule has 3 heterocycles. The van der Waals surface area contributed by atoms with E-state index in [2.05, 4.69) is 5.10 Å². The molecule has 0 unspecified atom stereocenters. The van der Waals surface area contributed by atoms with Gasteiger partial charge in [0, 0.05) is 47.2 Å². The van der Waals surface area contributed by atoms with Gasteiger partial charge in [-0.15, -0.1) is 11.3 Å². The summed E-state index contributed by atoms with van der Waals surface area (Å²) >= 11 is 7.50. The molecule has 1 aliphatic rings. The zero-order valence-electron chi connectivity index (χ0n) is 16.6. The van der Waals surface area contributed by atoms with Gasteiger partial charge >= 0.3 is 0 Å². The average molecular weight is 465 g/mol. The minimum atomic E-state index is -3.54. The van der Waals surface area contributed by atoms with Crippen molar-refractivity contribution >= 4 is 38.9 Å². The Kier molecular flexibility index (Phi) is 5.71. The molecule has 0 bridgehead atoms. The fourth-order valence-corrected chi connectivity index (χ4v) is 6.64. The lowest BCUT2D eigenvalue weighted by atomic mass is 10.2. The van der Waals surface area contributed by atoms with E-state index in [1.807, 2.05) is 26.0 Å². The van der Waals surface area contributed by atoms with Gasteiger partial charge in [0.25, 0.3) is 5.91 Å². The molecule has 1 aromatic carbocycles. The zero-order valence-corrected chi connectivity index (χ0v) is 19.0. The number of piperazine rings is 1. The first kappa shape index (κ1) is 21.0. The minimum Gasteiger partial charge on any atom is -0.336 e. The summed E-state index contributed by atoms with van der Waals surface area (Å²) in [7, 11) is -3.54. The van der Waals surface area contributed by atoms with E-state index in [1.54, 1.807) is 34.0 Å². The van der Waals surface area contributed by atoms with Gasteiger partial charge in [-0.3, -0.25) is 4.79 Å². The van der Waals surface area contributed by atoms with Crippen LogP contribution in [0.1, 0.15) is 20.1 Å². The molecule has 4 rings (SSSR count). The van der Waals surface area contributed by atoms with Crippen molar-refractivity contribution in [3.05, 3.63) is 63.1 Å². The van der Waals surface area contributed by atoms with Crippen molar-refractivity contribution in [2.75, 3.05) is 26.2 Å². The molecule has 1 aliphatic heterocycles. The molecular formula is C20H21ClN4O3S2. The highest BCUT2D eigenvalue weighted by Crippen LogP contribution is 2.28. The van der Waals surface area contributed by atoms with Crippen LogP contribution in [-0.2, 0) is 10.0 Å². The summed E-state index contributed by atoms with van der Waals surface area (Å²) in [6, 6.07) is 8.92. The Bertz CT molecular complexity index is 1190. The number of aryl methyl sites for hydroxylation is 2. The summed E-state index contributed by atoms with van der Waals surface area (Å²) in [5, 5.41) is 4.84. The molecule has 30 heavy (non-hydrogen) atoms. The maximum absolute atomic E-state index is 13.0. The number of halogens is 1. The number of benzene rings is 1. The summed E-state index contributed by atoms with van der Waals surface area (Å²) in [4.78, 5) is 16.7. The van der Waals surface area contributed by atoms with E-state index in [9.17, 15) is 13.2 Å². The third kappa shape index (κ3) is 4.02. The Morgan fingerprint density at radius 1 is 1.13 bits per heavy atom. The van der Waals surface area contributed by atoms with Gasteiger partial charge in [0.05, 0.1) is 22.3 Å². The van der Waals surface area contributed by atoms with Gasteiger partial charge in [-0.05, 0) is 38.1 Å². The van der Waals surface area contributed by atoms with Crippen LogP contribution < -0.4 is 0 Å². The van der Waals surface area contributed by atoms with Crippen LogP contribution in [0.15, 0.2) is 47.6 Å². The first-order chi connectivity index (χ1) is 14.3. The van der Waals surface area contributed by atoms with Crippen molar-refractivity contribution < 1.29 is 13.2 Å². The third-order valence-electron chi connectivity index (χ3n) is 5.04. The van der Waals surface area contributed by atoms with Crippen LogP contribution >= 0.6 is 22.9 Å². The summed E-state index contributed by atoms with van der Waals surface area (Å²) in [5.41, 5.74) is 1.22. The summed E-state index contributed by atoms with van der Waals surface area (Å²) in [5.74, 6) is -0.164. The van der Waals surface area contributed by atoms with Crippen molar-refractivity contribution in [3.8, 4) is 5.69 Å². The van der Waals surface area contributed by atoms with E-state index in [-0.39, 0.29) is 19.0 Å². The Hall–Kier alpha value is -2.20. The fraction of sp³-hybridized carbons (Fsp3) is 0.300. The highest BCUT2D eigenvalue weighted by molar-refractivity contribution is 7.89. The number of carbonyl (C=O) groups is 1. The largest absolute Gasteiger partial charge is 0.336 e. The Balaban J connectivity index is 1.44. The number of sulfonamides is 1. The number of hydrogen-bond acceptors (Lipinski definition) is 5. The lowest BCUT2D eigenvalue weighted by Crippen LogP contribution is -2.50. The van der Waals surface area contributed by atoms with E-state index in [0.717, 1.165) is 15.4 Å². The van der Waals surface area contributed by atoms with Crippen molar-refractivity contribution in [1.29, 1.82) is 0 Å². The highest BCUT2D eigenvalue weighted by Gasteiger charge is 2.32. The maximum atomic E-state index is 13.0. The van der Waals surface area contributed by atoms with Crippen LogP contribution in [0, 0.1) is 13.8 Å². The van der Waals surface area contributed by atoms with Gasteiger partial charge in [-0.25, -0.2) is 13.1 Å². The Labute approximate surface area is 184 Å². The number of amides is 1. The summed E-state index contributed by atoms with van der Waals surface area (Å²) in [6.45, 7) is 4.93. The van der Waals surface area contributed by atoms with Gasteiger partial charge in [-0.2, -0.15) is 9.40 Å². The van der Waals surface area contributed by atoms with Gasteiger partial charge < -0.3 is 4.90 Å². The lowest BCUT2D eigenvalue weighted by Gasteiger charge is -2.33. The van der Waals surface area contributed by atoms with Crippen LogP contribution in [-0.4, -0.2) is 59.5 Å². The molecule has 1 amide bonds. The molecule has 0 radical (unpaired) electrons. The SMILES string of the molecule is Cc1cc(S(=O)(=O)N2CCN(C(=O)c3cnn(-c4cccc(Cl)c4)c3)CC2)c(C)s1. The van der Waals surface area contributed by atoms with E-state index in [1.165, 1.54) is 21.8 Å². The van der Waals surface area contributed by atoms with Crippen LogP contribution in [0.2, 0.25) is 5.02 Å². The quantitative estimate of drug-likeness (QED) is 0.593. The highest BCUT2D eigenvalue weighted by atomic mass is 35.5. The van der Waals surface area contributed by atoms with Gasteiger partial charge in [0.2, 0.25) is 10.0 Å². The van der Waals surface area contributed by atoms with Crippen LogP contribution in [0.25, 0.3) is 5.69 Å². The van der Waals surface area contributed by atoms with Crippen LogP contribution in [0.4, 0.5) is 0 Å². The first-order valence-corrected chi connectivity index (χ1v) is 12.1. The number of carbonyl (C=O) groups excluding carboxylic acids is 1. The molecule has 10 heteroatoms. The topological polar surface area (TPSA) is 75.5 Å². The molecular weight excluding hydrogens is 444 g/mol. The molecule has 3 aromatic rings. The molecule has 7 nitrogen and oxygen atoms in total. The predicted molar refractivity (Wildman–Crippen MR) is 117 cm³/mol. The fourth-order valence-electron chi connectivity index (χ4n) is 3.51. The van der Waals surface area contributed by atoms with Crippen LogP contribution in [0.5, 0.6) is 0 Å². The number of rotatable bonds is 4. The van der Waals surface area contributed by atoms with Crippen molar-refractivity contribution in [3.63, 3.8) is 0 Å². The number of thiophene rings is 1. The Morgan fingerprint density at radius 3 is 2.50 bits per heavy atom. The molecule has 1 saturated heterocycles. The average Bonchev–Trinajstić information content (AvgIpc) is 3.34. The van der Waals surface area contributed by atoms with E-state index in [0.29, 0.717) is 28.6 Å². The second kappa shape index (κ2) is 8.14. The van der Waals surface area contributed by atoms with Gasteiger partial charge in [-0.1, -0.05) is 17.7 Å². The molecule has 0 spiro atoms. The second-order valence-corrected chi connectivity index (χ2v) is 10.9.